The van der Waals surface area contributed by atoms with Crippen LogP contribution in [0.1, 0.15) is 16.1 Å². The van der Waals surface area contributed by atoms with Crippen LogP contribution in [0.25, 0.3) is 0 Å². The number of amides is 1. The minimum atomic E-state index is -0.361. The highest BCUT2D eigenvalue weighted by Crippen LogP contribution is 2.15. The fraction of sp³-hybridized carbons (Fsp3) is 0.111. The van der Waals surface area contributed by atoms with Crippen molar-refractivity contribution in [3.63, 3.8) is 0 Å². The molecular formula is C9H6Cl2N4OS. The van der Waals surface area contributed by atoms with E-state index in [1.54, 1.807) is 0 Å². The summed E-state index contributed by atoms with van der Waals surface area (Å²) < 4.78 is 4.06. The summed E-state index contributed by atoms with van der Waals surface area (Å²) in [7, 11) is 0. The van der Waals surface area contributed by atoms with Gasteiger partial charge in [-0.2, -0.15) is 4.37 Å². The third-order valence-electron chi connectivity index (χ3n) is 1.88. The van der Waals surface area contributed by atoms with Crippen LogP contribution in [-0.4, -0.2) is 20.5 Å². The Morgan fingerprint density at radius 1 is 1.41 bits per heavy atom. The van der Waals surface area contributed by atoms with E-state index >= 15 is 0 Å². The summed E-state index contributed by atoms with van der Waals surface area (Å²) in [6, 6.07) is 3.19. The first-order valence-corrected chi connectivity index (χ1v) is 6.12. The van der Waals surface area contributed by atoms with E-state index < -0.39 is 0 Å². The molecule has 0 saturated carbocycles. The fourth-order valence-corrected chi connectivity index (χ4v) is 1.97. The average molecular weight is 289 g/mol. The van der Waals surface area contributed by atoms with Crippen LogP contribution >= 0.6 is 34.7 Å². The van der Waals surface area contributed by atoms with Crippen LogP contribution in [-0.2, 0) is 6.54 Å². The number of nitrogens with zero attached hydrogens (tertiary/aromatic N) is 3. The van der Waals surface area contributed by atoms with Gasteiger partial charge >= 0.3 is 0 Å². The van der Waals surface area contributed by atoms with Gasteiger partial charge in [0.1, 0.15) is 0 Å². The lowest BCUT2D eigenvalue weighted by atomic mass is 10.3. The van der Waals surface area contributed by atoms with Crippen LogP contribution in [0.3, 0.4) is 0 Å². The largest absolute Gasteiger partial charge is 0.346 e. The lowest BCUT2D eigenvalue weighted by molar-refractivity contribution is 0.0950. The second-order valence-electron chi connectivity index (χ2n) is 3.05. The van der Waals surface area contributed by atoms with Gasteiger partial charge in [-0.3, -0.25) is 4.79 Å². The number of rotatable bonds is 3. The molecule has 8 heteroatoms. The van der Waals surface area contributed by atoms with Gasteiger partial charge in [-0.15, -0.1) is 10.2 Å². The average Bonchev–Trinajstić information content (AvgIpc) is 2.82. The summed E-state index contributed by atoms with van der Waals surface area (Å²) in [5.41, 5.74) is 0.981. The SMILES string of the molecule is O=C(NCc1ccsn1)c1cc(Cl)nnc1Cl. The van der Waals surface area contributed by atoms with Gasteiger partial charge in [0.05, 0.1) is 17.8 Å². The van der Waals surface area contributed by atoms with Crippen LogP contribution in [0.4, 0.5) is 0 Å². The fourth-order valence-electron chi connectivity index (χ4n) is 1.11. The van der Waals surface area contributed by atoms with E-state index in [-0.39, 0.29) is 21.8 Å². The Bertz CT molecular complexity index is 532. The molecule has 0 aliphatic rings. The Morgan fingerprint density at radius 3 is 2.94 bits per heavy atom. The molecule has 2 aromatic heterocycles. The van der Waals surface area contributed by atoms with E-state index in [1.165, 1.54) is 17.6 Å². The first-order valence-electron chi connectivity index (χ1n) is 4.53. The van der Waals surface area contributed by atoms with E-state index in [1.807, 2.05) is 11.4 Å². The van der Waals surface area contributed by atoms with Crippen LogP contribution < -0.4 is 5.32 Å². The maximum Gasteiger partial charge on any atom is 0.254 e. The van der Waals surface area contributed by atoms with Crippen molar-refractivity contribution in [3.8, 4) is 0 Å². The molecule has 0 atom stereocenters. The number of hydrogen-bond acceptors (Lipinski definition) is 5. The van der Waals surface area contributed by atoms with E-state index in [0.29, 0.717) is 6.54 Å². The summed E-state index contributed by atoms with van der Waals surface area (Å²) in [5, 5.41) is 11.7. The van der Waals surface area contributed by atoms with Crippen molar-refractivity contribution >= 4 is 40.6 Å². The van der Waals surface area contributed by atoms with Crippen molar-refractivity contribution in [2.24, 2.45) is 0 Å². The molecule has 0 aliphatic heterocycles. The number of aromatic nitrogens is 3. The van der Waals surface area contributed by atoms with Crippen molar-refractivity contribution in [2.75, 3.05) is 0 Å². The van der Waals surface area contributed by atoms with E-state index in [9.17, 15) is 4.79 Å². The molecule has 0 spiro atoms. The second-order valence-corrected chi connectivity index (χ2v) is 4.46. The lowest BCUT2D eigenvalue weighted by Crippen LogP contribution is -2.23. The molecule has 0 saturated heterocycles. The van der Waals surface area contributed by atoms with Crippen molar-refractivity contribution < 1.29 is 4.79 Å². The molecule has 88 valence electrons. The quantitative estimate of drug-likeness (QED) is 0.940. The molecule has 1 amide bonds. The maximum absolute atomic E-state index is 11.8. The van der Waals surface area contributed by atoms with Gasteiger partial charge in [0, 0.05) is 5.38 Å². The minimum absolute atomic E-state index is 0.0187. The molecule has 0 bridgehead atoms. The molecule has 2 aromatic rings. The summed E-state index contributed by atoms with van der Waals surface area (Å²) >= 11 is 12.7. The Morgan fingerprint density at radius 2 is 2.24 bits per heavy atom. The van der Waals surface area contributed by atoms with Crippen LogP contribution in [0.15, 0.2) is 17.5 Å². The number of nitrogens with one attached hydrogen (secondary N) is 1. The molecule has 1 N–H and O–H groups in total. The molecule has 0 aromatic carbocycles. The Kier molecular flexibility index (Phi) is 3.88. The van der Waals surface area contributed by atoms with Gasteiger partial charge in [0.25, 0.3) is 5.91 Å². The zero-order valence-corrected chi connectivity index (χ0v) is 10.7. The molecule has 2 rings (SSSR count). The van der Waals surface area contributed by atoms with Gasteiger partial charge in [0.15, 0.2) is 10.3 Å². The van der Waals surface area contributed by atoms with Crippen LogP contribution in [0.5, 0.6) is 0 Å². The molecule has 17 heavy (non-hydrogen) atoms. The van der Waals surface area contributed by atoms with E-state index in [0.717, 1.165) is 5.69 Å². The van der Waals surface area contributed by atoms with Crippen molar-refractivity contribution in [3.05, 3.63) is 39.1 Å². The highest BCUT2D eigenvalue weighted by atomic mass is 35.5. The molecule has 0 radical (unpaired) electrons. The lowest BCUT2D eigenvalue weighted by Gasteiger charge is -2.04. The highest BCUT2D eigenvalue weighted by molar-refractivity contribution is 7.03. The highest BCUT2D eigenvalue weighted by Gasteiger charge is 2.13. The Balaban J connectivity index is 2.07. The van der Waals surface area contributed by atoms with Crippen LogP contribution in [0, 0.1) is 0 Å². The molecular weight excluding hydrogens is 283 g/mol. The molecule has 0 aliphatic carbocycles. The minimum Gasteiger partial charge on any atom is -0.346 e. The zero-order chi connectivity index (χ0) is 12.3. The third kappa shape index (κ3) is 3.12. The second kappa shape index (κ2) is 5.39. The number of hydrogen-bond donors (Lipinski definition) is 1. The zero-order valence-electron chi connectivity index (χ0n) is 8.35. The molecule has 0 fully saturated rings. The van der Waals surface area contributed by atoms with Crippen molar-refractivity contribution in [2.45, 2.75) is 6.54 Å². The van der Waals surface area contributed by atoms with E-state index in [4.69, 9.17) is 23.2 Å². The first kappa shape index (κ1) is 12.2. The number of carbonyl (C=O) groups excluding carboxylic acids is 1. The predicted molar refractivity (Wildman–Crippen MR) is 65.3 cm³/mol. The molecule has 0 unspecified atom stereocenters. The summed E-state index contributed by atoms with van der Waals surface area (Å²) in [6.07, 6.45) is 0. The Labute approximate surface area is 111 Å². The molecule has 5 nitrogen and oxygen atoms in total. The standard InChI is InChI=1S/C9H6Cl2N4OS/c10-7-3-6(8(11)14-13-7)9(16)12-4-5-1-2-17-15-5/h1-3H,4H2,(H,12,16). The van der Waals surface area contributed by atoms with Crippen LogP contribution in [0.2, 0.25) is 10.3 Å². The third-order valence-corrected chi connectivity index (χ3v) is 2.95. The first-order chi connectivity index (χ1) is 8.16. The monoisotopic (exact) mass is 288 g/mol. The van der Waals surface area contributed by atoms with Crippen molar-refractivity contribution in [1.82, 2.24) is 19.9 Å². The van der Waals surface area contributed by atoms with E-state index in [2.05, 4.69) is 19.9 Å². The normalized spacial score (nSPS) is 10.2. The van der Waals surface area contributed by atoms with Gasteiger partial charge in [-0.1, -0.05) is 23.2 Å². The topological polar surface area (TPSA) is 67.8 Å². The number of carbonyl (C=O) groups is 1. The Hall–Kier alpha value is -1.24. The summed E-state index contributed by atoms with van der Waals surface area (Å²) in [5.74, 6) is -0.361. The van der Waals surface area contributed by atoms with Crippen molar-refractivity contribution in [1.29, 1.82) is 0 Å². The van der Waals surface area contributed by atoms with Gasteiger partial charge in [0.2, 0.25) is 0 Å². The van der Waals surface area contributed by atoms with Gasteiger partial charge in [-0.25, -0.2) is 0 Å². The summed E-state index contributed by atoms with van der Waals surface area (Å²) in [6.45, 7) is 0.332. The maximum atomic E-state index is 11.8. The predicted octanol–water partition coefficient (Wildman–Crippen LogP) is 2.17. The smallest absolute Gasteiger partial charge is 0.254 e. The summed E-state index contributed by atoms with van der Waals surface area (Å²) in [4.78, 5) is 11.8. The molecule has 2 heterocycles. The van der Waals surface area contributed by atoms with Gasteiger partial charge < -0.3 is 5.32 Å². The van der Waals surface area contributed by atoms with Gasteiger partial charge in [-0.05, 0) is 23.7 Å². The number of halogens is 2.